The number of carbonyl (C=O) groups is 1. The molecule has 3 rings (SSSR count). The molecule has 27 heavy (non-hydrogen) atoms. The Bertz CT molecular complexity index is 730. The van der Waals surface area contributed by atoms with Gasteiger partial charge in [0.15, 0.2) is 0 Å². The van der Waals surface area contributed by atoms with Gasteiger partial charge in [0.25, 0.3) is 0 Å². The summed E-state index contributed by atoms with van der Waals surface area (Å²) >= 11 is 0. The normalized spacial score (nSPS) is 14.4. The van der Waals surface area contributed by atoms with Gasteiger partial charge in [-0.2, -0.15) is 0 Å². The third kappa shape index (κ3) is 6.89. The molecule has 0 heterocycles. The molecule has 4 nitrogen and oxygen atoms in total. The van der Waals surface area contributed by atoms with Gasteiger partial charge in [-0.25, -0.2) is 0 Å². The molecule has 146 valence electrons. The number of nitrogen functional groups attached to an aromatic ring is 1. The van der Waals surface area contributed by atoms with Crippen LogP contribution in [0.1, 0.15) is 49.7 Å². The van der Waals surface area contributed by atoms with Crippen LogP contribution in [0.3, 0.4) is 0 Å². The number of anilines is 2. The molecule has 0 unspecified atom stereocenters. The second-order valence-electron chi connectivity index (χ2n) is 7.02. The van der Waals surface area contributed by atoms with Crippen molar-refractivity contribution in [1.82, 2.24) is 0 Å². The van der Waals surface area contributed by atoms with E-state index in [2.05, 4.69) is 5.32 Å². The summed E-state index contributed by atoms with van der Waals surface area (Å²) in [5, 5.41) is 2.97. The van der Waals surface area contributed by atoms with Crippen molar-refractivity contribution in [3.8, 4) is 0 Å². The molecule has 0 atom stereocenters. The number of amides is 1. The van der Waals surface area contributed by atoms with E-state index >= 15 is 0 Å². The summed E-state index contributed by atoms with van der Waals surface area (Å²) < 4.78 is 6.02. The number of benzene rings is 2. The first-order valence-corrected chi connectivity index (χ1v) is 9.54. The van der Waals surface area contributed by atoms with Crippen LogP contribution in [0.4, 0.5) is 11.4 Å². The van der Waals surface area contributed by atoms with Crippen LogP contribution in [0.15, 0.2) is 48.5 Å². The fourth-order valence-electron chi connectivity index (χ4n) is 3.42. The van der Waals surface area contributed by atoms with Crippen molar-refractivity contribution in [2.24, 2.45) is 0 Å². The lowest BCUT2D eigenvalue weighted by Gasteiger charge is -2.22. The van der Waals surface area contributed by atoms with E-state index in [1.807, 2.05) is 48.5 Å². The van der Waals surface area contributed by atoms with Crippen LogP contribution in [0.5, 0.6) is 0 Å². The van der Waals surface area contributed by atoms with Crippen LogP contribution < -0.4 is 11.1 Å². The lowest BCUT2D eigenvalue weighted by molar-refractivity contribution is -0.116. The molecule has 0 radical (unpaired) electrons. The van der Waals surface area contributed by atoms with Gasteiger partial charge in [0.2, 0.25) is 5.91 Å². The van der Waals surface area contributed by atoms with Crippen LogP contribution in [-0.2, 0) is 22.6 Å². The van der Waals surface area contributed by atoms with E-state index in [4.69, 9.17) is 10.5 Å². The zero-order valence-corrected chi connectivity index (χ0v) is 16.5. The first kappa shape index (κ1) is 21.3. The molecule has 1 saturated carbocycles. The zero-order valence-electron chi connectivity index (χ0n) is 15.7. The first-order chi connectivity index (χ1) is 12.7. The Hall–Kier alpha value is -2.04. The fourth-order valence-corrected chi connectivity index (χ4v) is 3.42. The predicted molar refractivity (Wildman–Crippen MR) is 113 cm³/mol. The molecule has 0 aromatic heterocycles. The van der Waals surface area contributed by atoms with Crippen LogP contribution in [0, 0.1) is 0 Å². The highest BCUT2D eigenvalue weighted by molar-refractivity contribution is 5.91. The lowest BCUT2D eigenvalue weighted by Crippen LogP contribution is -2.16. The molecule has 1 fully saturated rings. The molecule has 0 aliphatic heterocycles. The van der Waals surface area contributed by atoms with Gasteiger partial charge in [-0.1, -0.05) is 49.6 Å². The van der Waals surface area contributed by atoms with Crippen LogP contribution in [-0.4, -0.2) is 12.0 Å². The Labute approximate surface area is 167 Å². The number of aryl methyl sites for hydroxylation is 1. The minimum Gasteiger partial charge on any atom is -0.399 e. The Balaban J connectivity index is 0.00000261. The number of nitrogens with two attached hydrogens (primary N) is 1. The van der Waals surface area contributed by atoms with Gasteiger partial charge in [-0.15, -0.1) is 12.4 Å². The summed E-state index contributed by atoms with van der Waals surface area (Å²) in [6, 6.07) is 15.6. The molecule has 2 aromatic rings. The molecule has 1 aliphatic carbocycles. The molecular weight excluding hydrogens is 360 g/mol. The fraction of sp³-hybridized carbons (Fsp3) is 0.409. The van der Waals surface area contributed by atoms with Crippen molar-refractivity contribution in [2.45, 2.75) is 57.7 Å². The predicted octanol–water partition coefficient (Wildman–Crippen LogP) is 5.11. The molecule has 5 heteroatoms. The summed E-state index contributed by atoms with van der Waals surface area (Å²) in [5.74, 6) is -0.00129. The van der Waals surface area contributed by atoms with Crippen molar-refractivity contribution in [2.75, 3.05) is 11.1 Å². The number of hydrogen-bond acceptors (Lipinski definition) is 3. The highest BCUT2D eigenvalue weighted by Crippen LogP contribution is 2.22. The molecule has 2 aromatic carbocycles. The first-order valence-electron chi connectivity index (χ1n) is 9.54. The van der Waals surface area contributed by atoms with Gasteiger partial charge in [0.05, 0.1) is 12.7 Å². The van der Waals surface area contributed by atoms with E-state index in [1.165, 1.54) is 32.1 Å². The van der Waals surface area contributed by atoms with Crippen molar-refractivity contribution in [3.63, 3.8) is 0 Å². The molecule has 3 N–H and O–H groups in total. The van der Waals surface area contributed by atoms with E-state index in [-0.39, 0.29) is 18.3 Å². The summed E-state index contributed by atoms with van der Waals surface area (Å²) in [6.45, 7) is 0.606. The Morgan fingerprint density at radius 1 is 1.07 bits per heavy atom. The van der Waals surface area contributed by atoms with Crippen LogP contribution >= 0.6 is 12.4 Å². The smallest absolute Gasteiger partial charge is 0.224 e. The van der Waals surface area contributed by atoms with Gasteiger partial charge in [-0.3, -0.25) is 4.79 Å². The number of rotatable bonds is 7. The van der Waals surface area contributed by atoms with E-state index in [0.717, 1.165) is 22.5 Å². The maximum absolute atomic E-state index is 12.2. The highest BCUT2D eigenvalue weighted by Gasteiger charge is 2.13. The van der Waals surface area contributed by atoms with Gasteiger partial charge < -0.3 is 15.8 Å². The highest BCUT2D eigenvalue weighted by atomic mass is 35.5. The lowest BCUT2D eigenvalue weighted by atomic mass is 9.98. The molecule has 0 saturated heterocycles. The Morgan fingerprint density at radius 2 is 1.85 bits per heavy atom. The standard InChI is InChI=1S/C22H28N2O2.ClH/c23-21-12-5-4-8-18(21)13-14-22(25)24-19-9-6-7-17(15-19)16-26-20-10-2-1-3-11-20;/h4-9,12,15,20H,1-3,10-11,13-14,16,23H2,(H,24,25);1H. The number of carbonyl (C=O) groups excluding carboxylic acids is 1. The van der Waals surface area contributed by atoms with Crippen molar-refractivity contribution >= 4 is 29.7 Å². The third-order valence-corrected chi connectivity index (χ3v) is 4.93. The monoisotopic (exact) mass is 388 g/mol. The summed E-state index contributed by atoms with van der Waals surface area (Å²) in [4.78, 5) is 12.2. The second kappa shape index (κ2) is 11.0. The van der Waals surface area contributed by atoms with E-state index in [9.17, 15) is 4.79 Å². The van der Waals surface area contributed by atoms with Crippen molar-refractivity contribution < 1.29 is 9.53 Å². The van der Waals surface area contributed by atoms with E-state index in [1.54, 1.807) is 0 Å². The third-order valence-electron chi connectivity index (χ3n) is 4.93. The maximum Gasteiger partial charge on any atom is 0.224 e. The molecular formula is C22H29ClN2O2. The number of halogens is 1. The largest absolute Gasteiger partial charge is 0.399 e. The van der Waals surface area contributed by atoms with Crippen molar-refractivity contribution in [1.29, 1.82) is 0 Å². The van der Waals surface area contributed by atoms with E-state index < -0.39 is 0 Å². The minimum atomic E-state index is -0.00129. The van der Waals surface area contributed by atoms with Gasteiger partial charge in [0.1, 0.15) is 0 Å². The quantitative estimate of drug-likeness (QED) is 0.647. The molecule has 0 bridgehead atoms. The van der Waals surface area contributed by atoms with E-state index in [0.29, 0.717) is 25.6 Å². The van der Waals surface area contributed by atoms with Gasteiger partial charge in [-0.05, 0) is 48.6 Å². The summed E-state index contributed by atoms with van der Waals surface area (Å²) in [5.41, 5.74) is 9.60. The second-order valence-corrected chi connectivity index (χ2v) is 7.02. The average Bonchev–Trinajstić information content (AvgIpc) is 2.67. The van der Waals surface area contributed by atoms with Crippen LogP contribution in [0.2, 0.25) is 0 Å². The molecule has 1 amide bonds. The Kier molecular flexibility index (Phi) is 8.62. The molecule has 0 spiro atoms. The zero-order chi connectivity index (χ0) is 18.2. The topological polar surface area (TPSA) is 64.4 Å². The summed E-state index contributed by atoms with van der Waals surface area (Å²) in [7, 11) is 0. The van der Waals surface area contributed by atoms with Crippen LogP contribution in [0.25, 0.3) is 0 Å². The maximum atomic E-state index is 12.2. The number of nitrogens with one attached hydrogen (secondary N) is 1. The number of ether oxygens (including phenoxy) is 1. The number of para-hydroxylation sites is 1. The number of hydrogen-bond donors (Lipinski definition) is 2. The Morgan fingerprint density at radius 3 is 2.63 bits per heavy atom. The van der Waals surface area contributed by atoms with Crippen molar-refractivity contribution in [3.05, 3.63) is 59.7 Å². The molecule has 1 aliphatic rings. The SMILES string of the molecule is Cl.Nc1ccccc1CCC(=O)Nc1cccc(COC2CCCCC2)c1. The van der Waals surface area contributed by atoms with Gasteiger partial charge >= 0.3 is 0 Å². The summed E-state index contributed by atoms with van der Waals surface area (Å²) in [6.07, 6.45) is 7.64. The van der Waals surface area contributed by atoms with Gasteiger partial charge in [0, 0.05) is 17.8 Å². The minimum absolute atomic E-state index is 0. The average molecular weight is 389 g/mol.